The zero-order valence-corrected chi connectivity index (χ0v) is 12.8. The van der Waals surface area contributed by atoms with Crippen molar-refractivity contribution in [3.8, 4) is 11.5 Å². The number of pyridine rings is 1. The van der Waals surface area contributed by atoms with Gasteiger partial charge in [0.1, 0.15) is 11.5 Å². The van der Waals surface area contributed by atoms with E-state index in [-0.39, 0.29) is 11.9 Å². The Morgan fingerprint density at radius 3 is 2.50 bits per heavy atom. The number of carbonyl (C=O) groups is 1. The first-order valence-electron chi connectivity index (χ1n) is 6.83. The Labute approximate surface area is 129 Å². The van der Waals surface area contributed by atoms with E-state index in [0.29, 0.717) is 17.1 Å². The number of benzene rings is 1. The second-order valence-electron chi connectivity index (χ2n) is 4.66. The average molecular weight is 301 g/mol. The van der Waals surface area contributed by atoms with Crippen LogP contribution in [0.2, 0.25) is 0 Å². The maximum absolute atomic E-state index is 12.0. The quantitative estimate of drug-likeness (QED) is 0.799. The highest BCUT2D eigenvalue weighted by Crippen LogP contribution is 2.28. The summed E-state index contributed by atoms with van der Waals surface area (Å²) in [7, 11) is 3.20. The molecule has 1 amide bonds. The molecular formula is C16H19N3O3. The molecule has 0 aliphatic rings. The predicted molar refractivity (Wildman–Crippen MR) is 82.8 cm³/mol. The van der Waals surface area contributed by atoms with Gasteiger partial charge in [-0.3, -0.25) is 15.2 Å². The molecule has 0 bridgehead atoms. The molecule has 2 rings (SSSR count). The molecule has 2 N–H and O–H groups in total. The van der Waals surface area contributed by atoms with Gasteiger partial charge < -0.3 is 9.47 Å². The third-order valence-electron chi connectivity index (χ3n) is 3.25. The van der Waals surface area contributed by atoms with E-state index in [0.717, 1.165) is 5.56 Å². The minimum absolute atomic E-state index is 0.133. The van der Waals surface area contributed by atoms with Crippen LogP contribution in [0.3, 0.4) is 0 Å². The molecule has 1 heterocycles. The second-order valence-corrected chi connectivity index (χ2v) is 4.66. The third kappa shape index (κ3) is 3.73. The van der Waals surface area contributed by atoms with Crippen molar-refractivity contribution in [3.05, 3.63) is 53.9 Å². The van der Waals surface area contributed by atoms with E-state index in [2.05, 4.69) is 15.8 Å². The van der Waals surface area contributed by atoms with Gasteiger partial charge in [0, 0.05) is 29.6 Å². The zero-order valence-electron chi connectivity index (χ0n) is 12.8. The number of hydrazine groups is 1. The van der Waals surface area contributed by atoms with Crippen molar-refractivity contribution in [2.75, 3.05) is 14.2 Å². The summed E-state index contributed by atoms with van der Waals surface area (Å²) in [6.45, 7) is 1.93. The number of carbonyl (C=O) groups excluding carboxylic acids is 1. The Hall–Kier alpha value is -2.60. The van der Waals surface area contributed by atoms with Crippen LogP contribution in [-0.4, -0.2) is 25.1 Å². The van der Waals surface area contributed by atoms with Gasteiger partial charge in [-0.05, 0) is 25.1 Å². The Morgan fingerprint density at radius 2 is 1.86 bits per heavy atom. The fourth-order valence-electron chi connectivity index (χ4n) is 2.00. The second kappa shape index (κ2) is 7.42. The first-order valence-corrected chi connectivity index (χ1v) is 6.83. The number of nitrogens with zero attached hydrogens (tertiary/aromatic N) is 1. The van der Waals surface area contributed by atoms with Crippen molar-refractivity contribution in [3.63, 3.8) is 0 Å². The molecule has 1 atom stereocenters. The van der Waals surface area contributed by atoms with E-state index in [9.17, 15) is 4.79 Å². The van der Waals surface area contributed by atoms with Gasteiger partial charge >= 0.3 is 0 Å². The summed E-state index contributed by atoms with van der Waals surface area (Å²) in [4.78, 5) is 15.9. The van der Waals surface area contributed by atoms with Crippen molar-refractivity contribution in [2.45, 2.75) is 13.0 Å². The van der Waals surface area contributed by atoms with E-state index >= 15 is 0 Å². The monoisotopic (exact) mass is 301 g/mol. The topological polar surface area (TPSA) is 72.5 Å². The first kappa shape index (κ1) is 15.8. The maximum Gasteiger partial charge on any atom is 0.265 e. The number of hydrogen-bond donors (Lipinski definition) is 2. The number of hydrogen-bond acceptors (Lipinski definition) is 5. The van der Waals surface area contributed by atoms with Crippen LogP contribution in [-0.2, 0) is 0 Å². The number of amides is 1. The smallest absolute Gasteiger partial charge is 0.265 e. The third-order valence-corrected chi connectivity index (χ3v) is 3.25. The summed E-state index contributed by atoms with van der Waals surface area (Å²) in [5.74, 6) is 1.19. The minimum Gasteiger partial charge on any atom is -0.497 e. The zero-order chi connectivity index (χ0) is 15.9. The molecule has 6 heteroatoms. The molecule has 0 fully saturated rings. The highest BCUT2D eigenvalue weighted by molar-refractivity contribution is 5.93. The van der Waals surface area contributed by atoms with E-state index < -0.39 is 0 Å². The van der Waals surface area contributed by atoms with Gasteiger partial charge in [0.25, 0.3) is 5.91 Å². The maximum atomic E-state index is 12.0. The number of rotatable bonds is 6. The van der Waals surface area contributed by atoms with E-state index in [1.54, 1.807) is 44.8 Å². The van der Waals surface area contributed by atoms with Crippen LogP contribution in [0.15, 0.2) is 42.7 Å². The van der Waals surface area contributed by atoms with Gasteiger partial charge in [0.2, 0.25) is 0 Å². The number of methoxy groups -OCH3 is 2. The normalized spacial score (nSPS) is 11.6. The molecule has 0 aliphatic carbocycles. The summed E-state index contributed by atoms with van der Waals surface area (Å²) in [6.07, 6.45) is 3.15. The van der Waals surface area contributed by atoms with Crippen LogP contribution < -0.4 is 20.3 Å². The molecule has 1 aromatic carbocycles. The summed E-state index contributed by atoms with van der Waals surface area (Å²) >= 11 is 0. The Morgan fingerprint density at radius 1 is 1.14 bits per heavy atom. The molecule has 0 aliphatic heterocycles. The van der Waals surface area contributed by atoms with Crippen molar-refractivity contribution >= 4 is 5.91 Å². The predicted octanol–water partition coefficient (Wildman–Crippen LogP) is 2.09. The fraction of sp³-hybridized carbons (Fsp3) is 0.250. The van der Waals surface area contributed by atoms with Crippen LogP contribution in [0, 0.1) is 0 Å². The highest BCUT2D eigenvalue weighted by atomic mass is 16.5. The van der Waals surface area contributed by atoms with Crippen molar-refractivity contribution < 1.29 is 14.3 Å². The van der Waals surface area contributed by atoms with Crippen LogP contribution >= 0.6 is 0 Å². The number of aromatic nitrogens is 1. The molecule has 0 saturated carbocycles. The van der Waals surface area contributed by atoms with Gasteiger partial charge in [0.05, 0.1) is 20.3 Å². The molecule has 1 unspecified atom stereocenters. The summed E-state index contributed by atoms with van der Waals surface area (Å²) in [5, 5.41) is 0. The standard InChI is InChI=1S/C16H19N3O3/c1-11(14-5-4-13(21-2)10-15(14)22-3)18-19-16(20)12-6-8-17-9-7-12/h4-11,18H,1-3H3,(H,19,20). The molecule has 22 heavy (non-hydrogen) atoms. The number of ether oxygens (including phenoxy) is 2. The lowest BCUT2D eigenvalue weighted by atomic mass is 10.1. The highest BCUT2D eigenvalue weighted by Gasteiger charge is 2.13. The van der Waals surface area contributed by atoms with Crippen molar-refractivity contribution in [2.24, 2.45) is 0 Å². The molecule has 0 spiro atoms. The molecule has 0 saturated heterocycles. The van der Waals surface area contributed by atoms with E-state index in [1.165, 1.54) is 0 Å². The Kier molecular flexibility index (Phi) is 5.32. The molecular weight excluding hydrogens is 282 g/mol. The molecule has 0 radical (unpaired) electrons. The molecule has 116 valence electrons. The van der Waals surface area contributed by atoms with Gasteiger partial charge in [-0.2, -0.15) is 0 Å². The lowest BCUT2D eigenvalue weighted by molar-refractivity contribution is 0.0926. The van der Waals surface area contributed by atoms with Crippen LogP contribution in [0.1, 0.15) is 28.9 Å². The van der Waals surface area contributed by atoms with Gasteiger partial charge in [-0.25, -0.2) is 5.43 Å². The lowest BCUT2D eigenvalue weighted by Gasteiger charge is -2.18. The SMILES string of the molecule is COc1ccc(C(C)NNC(=O)c2ccncc2)c(OC)c1. The molecule has 6 nitrogen and oxygen atoms in total. The molecule has 2 aromatic rings. The van der Waals surface area contributed by atoms with Gasteiger partial charge in [0.15, 0.2) is 0 Å². The van der Waals surface area contributed by atoms with Crippen LogP contribution in [0.25, 0.3) is 0 Å². The summed E-state index contributed by atoms with van der Waals surface area (Å²) in [6, 6.07) is 8.71. The summed E-state index contributed by atoms with van der Waals surface area (Å²) in [5.41, 5.74) is 7.10. The largest absolute Gasteiger partial charge is 0.497 e. The fourth-order valence-corrected chi connectivity index (χ4v) is 2.00. The average Bonchev–Trinajstić information content (AvgIpc) is 2.59. The summed E-state index contributed by atoms with van der Waals surface area (Å²) < 4.78 is 10.5. The van der Waals surface area contributed by atoms with Crippen molar-refractivity contribution in [1.82, 2.24) is 15.8 Å². The van der Waals surface area contributed by atoms with Gasteiger partial charge in [-0.15, -0.1) is 0 Å². The van der Waals surface area contributed by atoms with E-state index in [4.69, 9.17) is 9.47 Å². The van der Waals surface area contributed by atoms with E-state index in [1.807, 2.05) is 19.1 Å². The van der Waals surface area contributed by atoms with Crippen LogP contribution in [0.4, 0.5) is 0 Å². The van der Waals surface area contributed by atoms with Crippen molar-refractivity contribution in [1.29, 1.82) is 0 Å². The molecule has 1 aromatic heterocycles. The minimum atomic E-state index is -0.221. The Bertz CT molecular complexity index is 632. The van der Waals surface area contributed by atoms with Gasteiger partial charge in [-0.1, -0.05) is 6.07 Å². The number of nitrogens with one attached hydrogen (secondary N) is 2. The van der Waals surface area contributed by atoms with Crippen LogP contribution in [0.5, 0.6) is 11.5 Å². The first-order chi connectivity index (χ1) is 10.7. The Balaban J connectivity index is 2.03. The lowest BCUT2D eigenvalue weighted by Crippen LogP contribution is -2.39.